The Hall–Kier alpha value is -2.36. The van der Waals surface area contributed by atoms with Gasteiger partial charge in [0.25, 0.3) is 0 Å². The summed E-state index contributed by atoms with van der Waals surface area (Å²) in [6.45, 7) is 12.1. The Morgan fingerprint density at radius 2 is 1.71 bits per heavy atom. The van der Waals surface area contributed by atoms with E-state index in [0.29, 0.717) is 6.04 Å². The smallest absolute Gasteiger partial charge is 0.165 e. The highest BCUT2D eigenvalue weighted by Gasteiger charge is 2.31. The van der Waals surface area contributed by atoms with Crippen LogP contribution in [0.2, 0.25) is 0 Å². The Labute approximate surface area is 168 Å². The molecule has 0 bridgehead atoms. The Morgan fingerprint density at radius 1 is 1.00 bits per heavy atom. The molecular weight excluding hydrogens is 344 g/mol. The maximum atomic E-state index is 5.05. The van der Waals surface area contributed by atoms with Gasteiger partial charge in [-0.2, -0.15) is 9.61 Å². The number of rotatable bonds is 6. The summed E-state index contributed by atoms with van der Waals surface area (Å²) in [6.07, 6.45) is 5.99. The maximum Gasteiger partial charge on any atom is 0.165 e. The topological polar surface area (TPSA) is 33.4 Å². The van der Waals surface area contributed by atoms with E-state index in [2.05, 4.69) is 68.3 Å². The van der Waals surface area contributed by atoms with Crippen LogP contribution < -0.4 is 4.90 Å². The van der Waals surface area contributed by atoms with Gasteiger partial charge in [0, 0.05) is 29.4 Å². The molecular formula is C24H32N4. The number of anilines is 1. The molecule has 0 atom stereocenters. The van der Waals surface area contributed by atoms with E-state index in [9.17, 15) is 0 Å². The first kappa shape index (κ1) is 19.0. The van der Waals surface area contributed by atoms with Crippen LogP contribution in [-0.4, -0.2) is 27.2 Å². The van der Waals surface area contributed by atoms with Crippen LogP contribution in [0.5, 0.6) is 0 Å². The molecule has 1 aliphatic rings. The molecule has 2 aromatic heterocycles. The summed E-state index contributed by atoms with van der Waals surface area (Å²) >= 11 is 0. The van der Waals surface area contributed by atoms with Crippen LogP contribution in [0.3, 0.4) is 0 Å². The van der Waals surface area contributed by atoms with Gasteiger partial charge in [0.1, 0.15) is 5.82 Å². The van der Waals surface area contributed by atoms with Crippen molar-refractivity contribution in [1.82, 2.24) is 14.6 Å². The Bertz CT molecular complexity index is 995. The number of hydrogen-bond acceptors (Lipinski definition) is 3. The van der Waals surface area contributed by atoms with E-state index in [1.165, 1.54) is 53.8 Å². The molecule has 0 N–H and O–H groups in total. The fourth-order valence-corrected chi connectivity index (χ4v) is 4.85. The zero-order chi connectivity index (χ0) is 19.8. The van der Waals surface area contributed by atoms with Gasteiger partial charge in [0.05, 0.1) is 5.69 Å². The first-order chi connectivity index (χ1) is 13.6. The second-order valence-corrected chi connectivity index (χ2v) is 8.18. The Balaban J connectivity index is 1.94. The molecule has 3 aromatic rings. The molecule has 0 fully saturated rings. The summed E-state index contributed by atoms with van der Waals surface area (Å²) < 4.78 is 2.14. The fraction of sp³-hybridized carbons (Fsp3) is 0.500. The van der Waals surface area contributed by atoms with Gasteiger partial charge in [0.15, 0.2) is 5.65 Å². The zero-order valence-corrected chi connectivity index (χ0v) is 17.9. The average Bonchev–Trinajstić information content (AvgIpc) is 3.24. The van der Waals surface area contributed by atoms with Gasteiger partial charge in [-0.3, -0.25) is 0 Å². The number of aromatic nitrogens is 3. The van der Waals surface area contributed by atoms with E-state index in [-0.39, 0.29) is 0 Å². The zero-order valence-electron chi connectivity index (χ0n) is 17.9. The van der Waals surface area contributed by atoms with E-state index in [0.717, 1.165) is 30.0 Å². The van der Waals surface area contributed by atoms with E-state index in [4.69, 9.17) is 10.1 Å². The quantitative estimate of drug-likeness (QED) is 0.557. The molecule has 4 rings (SSSR count). The maximum absolute atomic E-state index is 5.05. The first-order valence-electron chi connectivity index (χ1n) is 10.8. The van der Waals surface area contributed by atoms with Crippen LogP contribution in [0, 0.1) is 20.8 Å². The molecule has 28 heavy (non-hydrogen) atoms. The molecule has 3 heterocycles. The lowest BCUT2D eigenvalue weighted by Crippen LogP contribution is -2.35. The van der Waals surface area contributed by atoms with Gasteiger partial charge in [-0.25, -0.2) is 4.98 Å². The molecule has 4 heteroatoms. The van der Waals surface area contributed by atoms with E-state index < -0.39 is 0 Å². The van der Waals surface area contributed by atoms with Gasteiger partial charge >= 0.3 is 0 Å². The van der Waals surface area contributed by atoms with Crippen molar-refractivity contribution in [3.05, 3.63) is 46.8 Å². The molecule has 0 amide bonds. The SMILES string of the molecule is CCCC(CCC)N1CCc2c(C)nc3c(-c4ccccc4C)c(C)nn3c21. The average molecular weight is 377 g/mol. The lowest BCUT2D eigenvalue weighted by atomic mass is 10.0. The van der Waals surface area contributed by atoms with E-state index in [1.54, 1.807) is 0 Å². The largest absolute Gasteiger partial charge is 0.353 e. The van der Waals surface area contributed by atoms with Crippen LogP contribution in [0.4, 0.5) is 5.82 Å². The Kier molecular flexibility index (Phi) is 5.13. The van der Waals surface area contributed by atoms with Crippen molar-refractivity contribution in [1.29, 1.82) is 0 Å². The van der Waals surface area contributed by atoms with Crippen molar-refractivity contribution in [2.24, 2.45) is 0 Å². The third-order valence-electron chi connectivity index (χ3n) is 6.19. The monoisotopic (exact) mass is 376 g/mol. The molecule has 148 valence electrons. The van der Waals surface area contributed by atoms with Crippen LogP contribution in [-0.2, 0) is 6.42 Å². The first-order valence-corrected chi connectivity index (χ1v) is 10.8. The predicted octanol–water partition coefficient (Wildman–Crippen LogP) is 5.65. The lowest BCUT2D eigenvalue weighted by molar-refractivity contribution is 0.508. The lowest BCUT2D eigenvalue weighted by Gasteiger charge is -2.30. The standard InChI is InChI=1S/C24H32N4/c1-6-10-19(11-7-2)27-15-14-21-17(4)25-23-22(18(5)26-28(23)24(21)27)20-13-9-8-12-16(20)3/h8-9,12-13,19H,6-7,10-11,14-15H2,1-5H3. The third kappa shape index (κ3) is 2.99. The Morgan fingerprint density at radius 3 is 2.39 bits per heavy atom. The predicted molar refractivity (Wildman–Crippen MR) is 117 cm³/mol. The van der Waals surface area contributed by atoms with Gasteiger partial charge in [-0.15, -0.1) is 0 Å². The van der Waals surface area contributed by atoms with Gasteiger partial charge in [-0.1, -0.05) is 51.0 Å². The van der Waals surface area contributed by atoms with Crippen molar-refractivity contribution in [3.63, 3.8) is 0 Å². The molecule has 0 radical (unpaired) electrons. The number of fused-ring (bicyclic) bond motifs is 3. The van der Waals surface area contributed by atoms with Gasteiger partial charge in [0.2, 0.25) is 0 Å². The minimum Gasteiger partial charge on any atom is -0.353 e. The van der Waals surface area contributed by atoms with Crippen LogP contribution in [0.1, 0.15) is 62.0 Å². The summed E-state index contributed by atoms with van der Waals surface area (Å²) in [4.78, 5) is 7.67. The van der Waals surface area contributed by atoms with Crippen molar-refractivity contribution in [2.75, 3.05) is 11.4 Å². The minimum absolute atomic E-state index is 0.590. The van der Waals surface area contributed by atoms with Crippen LogP contribution >= 0.6 is 0 Å². The third-order valence-corrected chi connectivity index (χ3v) is 6.19. The molecule has 1 aliphatic heterocycles. The fourth-order valence-electron chi connectivity index (χ4n) is 4.85. The van der Waals surface area contributed by atoms with Gasteiger partial charge < -0.3 is 4.90 Å². The van der Waals surface area contributed by atoms with E-state index in [1.807, 2.05) is 0 Å². The highest BCUT2D eigenvalue weighted by Crippen LogP contribution is 2.38. The number of benzene rings is 1. The van der Waals surface area contributed by atoms with Crippen molar-refractivity contribution < 1.29 is 0 Å². The summed E-state index contributed by atoms with van der Waals surface area (Å²) in [5.41, 5.74) is 8.29. The summed E-state index contributed by atoms with van der Waals surface area (Å²) in [7, 11) is 0. The second kappa shape index (κ2) is 7.57. The highest BCUT2D eigenvalue weighted by atomic mass is 15.4. The molecule has 0 saturated carbocycles. The second-order valence-electron chi connectivity index (χ2n) is 8.18. The summed E-state index contributed by atoms with van der Waals surface area (Å²) in [6, 6.07) is 9.16. The van der Waals surface area contributed by atoms with Crippen LogP contribution in [0.25, 0.3) is 16.8 Å². The normalized spacial score (nSPS) is 13.7. The number of nitrogens with zero attached hydrogens (tertiary/aromatic N) is 4. The molecule has 0 saturated heterocycles. The van der Waals surface area contributed by atoms with E-state index >= 15 is 0 Å². The van der Waals surface area contributed by atoms with Crippen molar-refractivity contribution >= 4 is 11.5 Å². The van der Waals surface area contributed by atoms with Crippen LogP contribution in [0.15, 0.2) is 24.3 Å². The van der Waals surface area contributed by atoms with Crippen molar-refractivity contribution in [2.45, 2.75) is 72.8 Å². The molecule has 4 nitrogen and oxygen atoms in total. The summed E-state index contributed by atoms with van der Waals surface area (Å²) in [5, 5.41) is 5.01. The molecule has 0 spiro atoms. The summed E-state index contributed by atoms with van der Waals surface area (Å²) in [5.74, 6) is 1.29. The highest BCUT2D eigenvalue weighted by molar-refractivity contribution is 5.83. The van der Waals surface area contributed by atoms with Crippen molar-refractivity contribution in [3.8, 4) is 11.1 Å². The molecule has 1 aromatic carbocycles. The molecule has 0 unspecified atom stereocenters. The minimum atomic E-state index is 0.590. The molecule has 0 aliphatic carbocycles. The number of aryl methyl sites for hydroxylation is 3. The number of hydrogen-bond donors (Lipinski definition) is 0. The van der Waals surface area contributed by atoms with Gasteiger partial charge in [-0.05, 0) is 51.2 Å².